The minimum atomic E-state index is -2.16. The molecule has 0 fully saturated rings. The van der Waals surface area contributed by atoms with Gasteiger partial charge in [0.05, 0.1) is 0 Å². The van der Waals surface area contributed by atoms with Crippen molar-refractivity contribution in [3.8, 4) is 0 Å². The van der Waals surface area contributed by atoms with Gasteiger partial charge in [-0.05, 0) is 36.7 Å². The summed E-state index contributed by atoms with van der Waals surface area (Å²) in [5.74, 6) is 0. The molecule has 66 valence electrons. The van der Waals surface area contributed by atoms with E-state index in [0.717, 1.165) is 5.19 Å². The van der Waals surface area contributed by atoms with Gasteiger partial charge in [0, 0.05) is 0 Å². The molecule has 0 saturated heterocycles. The molecule has 0 bridgehead atoms. The third-order valence-corrected chi connectivity index (χ3v) is 4.79. The van der Waals surface area contributed by atoms with E-state index in [1.807, 2.05) is 18.7 Å². The quantitative estimate of drug-likeness (QED) is 0.503. The van der Waals surface area contributed by atoms with E-state index in [0.29, 0.717) is 0 Å². The average Bonchev–Trinajstić information content (AvgIpc) is 1.92. The lowest BCUT2D eigenvalue weighted by Gasteiger charge is -2.15. The van der Waals surface area contributed by atoms with Crippen LogP contribution in [0.15, 0.2) is 18.2 Å². The van der Waals surface area contributed by atoms with Crippen molar-refractivity contribution in [2.75, 3.05) is 0 Å². The fourth-order valence-electron chi connectivity index (χ4n) is 1.23. The Bertz CT molecular complexity index is 289. The smallest absolute Gasteiger partial charge is 0.140 e. The molecule has 0 amide bonds. The monoisotopic (exact) mass is 218 g/mol. The van der Waals surface area contributed by atoms with Crippen LogP contribution in [-0.4, -0.2) is 6.69 Å². The van der Waals surface area contributed by atoms with Crippen LogP contribution < -0.4 is 5.19 Å². The van der Waals surface area contributed by atoms with Gasteiger partial charge in [0.1, 0.15) is 0 Å². The summed E-state index contributed by atoms with van der Waals surface area (Å²) in [5, 5.41) is 1.13. The van der Waals surface area contributed by atoms with Crippen molar-refractivity contribution in [2.45, 2.75) is 20.4 Å². The van der Waals surface area contributed by atoms with Gasteiger partial charge in [-0.25, -0.2) is 0 Å². The minimum absolute atomic E-state index is 1.13. The van der Waals surface area contributed by atoms with Gasteiger partial charge in [0.25, 0.3) is 6.69 Å². The Balaban J connectivity index is 3.26. The Morgan fingerprint density at radius 3 is 2.17 bits per heavy atom. The van der Waals surface area contributed by atoms with Gasteiger partial charge in [-0.15, -0.1) is 22.2 Å². The lowest BCUT2D eigenvalue weighted by atomic mass is 10.1. The first-order chi connectivity index (χ1) is 5.43. The van der Waals surface area contributed by atoms with Crippen LogP contribution in [0.2, 0.25) is 6.55 Å². The first-order valence-corrected chi connectivity index (χ1v) is 8.40. The van der Waals surface area contributed by atoms with Crippen LogP contribution in [0.25, 0.3) is 0 Å². The molecule has 1 aromatic carbocycles. The van der Waals surface area contributed by atoms with Crippen molar-refractivity contribution in [3.63, 3.8) is 0 Å². The molecule has 0 nitrogen and oxygen atoms in total. The predicted molar refractivity (Wildman–Crippen MR) is 58.9 cm³/mol. The van der Waals surface area contributed by atoms with Gasteiger partial charge in [0.15, 0.2) is 0 Å². The van der Waals surface area contributed by atoms with E-state index in [-0.39, 0.29) is 0 Å². The Labute approximate surface area is 83.9 Å². The largest absolute Gasteiger partial charge is 0.278 e. The van der Waals surface area contributed by atoms with Gasteiger partial charge in [-0.3, -0.25) is 0 Å². The van der Waals surface area contributed by atoms with Crippen LogP contribution in [0.3, 0.4) is 0 Å². The summed E-state index contributed by atoms with van der Waals surface area (Å²) in [6.07, 6.45) is 0. The van der Waals surface area contributed by atoms with Gasteiger partial charge >= 0.3 is 0 Å². The fraction of sp³-hybridized carbons (Fsp3) is 0.333. The number of hydrogen-bond acceptors (Lipinski definition) is 0. The predicted octanol–water partition coefficient (Wildman–Crippen LogP) is 3.06. The lowest BCUT2D eigenvalue weighted by molar-refractivity contribution is 1.36. The molecule has 0 aliphatic heterocycles. The van der Waals surface area contributed by atoms with E-state index in [2.05, 4.69) is 19.9 Å². The maximum atomic E-state index is 6.14. The second-order valence-corrected chi connectivity index (χ2v) is 10.6. The summed E-state index contributed by atoms with van der Waals surface area (Å²) in [7, 11) is 0. The zero-order valence-electron chi connectivity index (χ0n) is 7.49. The highest BCUT2D eigenvalue weighted by molar-refractivity contribution is 7.50. The van der Waals surface area contributed by atoms with Crippen LogP contribution in [-0.2, 0) is 0 Å². The van der Waals surface area contributed by atoms with E-state index in [9.17, 15) is 0 Å². The fourth-order valence-corrected chi connectivity index (χ4v) is 3.70. The Kier molecular flexibility index (Phi) is 2.87. The molecule has 0 saturated carbocycles. The highest BCUT2D eigenvalue weighted by Crippen LogP contribution is 2.17. The zero-order valence-corrected chi connectivity index (χ0v) is 10.00. The molecule has 0 aliphatic rings. The molecular formula is C9H12Cl2Si. The van der Waals surface area contributed by atoms with Gasteiger partial charge < -0.3 is 0 Å². The average molecular weight is 219 g/mol. The van der Waals surface area contributed by atoms with E-state index >= 15 is 0 Å². The van der Waals surface area contributed by atoms with E-state index in [4.69, 9.17) is 22.2 Å². The minimum Gasteiger partial charge on any atom is -0.140 e. The molecule has 0 radical (unpaired) electrons. The first kappa shape index (κ1) is 10.1. The van der Waals surface area contributed by atoms with Crippen molar-refractivity contribution < 1.29 is 0 Å². The SMILES string of the molecule is Cc1cccc([Si](C)(Cl)Cl)c1C. The molecule has 0 aliphatic carbocycles. The summed E-state index contributed by atoms with van der Waals surface area (Å²) < 4.78 is 0. The summed E-state index contributed by atoms with van der Waals surface area (Å²) >= 11 is 12.3. The van der Waals surface area contributed by atoms with Crippen molar-refractivity contribution in [1.82, 2.24) is 0 Å². The highest BCUT2D eigenvalue weighted by atomic mass is 35.7. The number of halogens is 2. The molecule has 1 aromatic rings. The van der Waals surface area contributed by atoms with Crippen molar-refractivity contribution in [1.29, 1.82) is 0 Å². The van der Waals surface area contributed by atoms with Crippen LogP contribution in [0.1, 0.15) is 11.1 Å². The number of hydrogen-bond donors (Lipinski definition) is 0. The molecule has 0 aromatic heterocycles. The third kappa shape index (κ3) is 2.03. The van der Waals surface area contributed by atoms with Crippen molar-refractivity contribution >= 4 is 34.0 Å². The third-order valence-electron chi connectivity index (χ3n) is 2.08. The van der Waals surface area contributed by atoms with E-state index in [1.165, 1.54) is 11.1 Å². The van der Waals surface area contributed by atoms with Crippen LogP contribution in [0.5, 0.6) is 0 Å². The molecule has 0 heterocycles. The van der Waals surface area contributed by atoms with Crippen molar-refractivity contribution in [2.24, 2.45) is 0 Å². The van der Waals surface area contributed by atoms with Crippen LogP contribution in [0, 0.1) is 13.8 Å². The summed E-state index contributed by atoms with van der Waals surface area (Å²) in [4.78, 5) is 0. The molecule has 12 heavy (non-hydrogen) atoms. The summed E-state index contributed by atoms with van der Waals surface area (Å²) in [5.41, 5.74) is 2.49. The Morgan fingerprint density at radius 2 is 1.75 bits per heavy atom. The standard InChI is InChI=1S/C9H12Cl2Si/c1-7-5-4-6-9(8(7)2)12(3,10)11/h4-6H,1-3H3. The van der Waals surface area contributed by atoms with Gasteiger partial charge in [-0.2, -0.15) is 0 Å². The Morgan fingerprint density at radius 1 is 1.17 bits per heavy atom. The van der Waals surface area contributed by atoms with Crippen LogP contribution >= 0.6 is 22.2 Å². The molecule has 0 unspecified atom stereocenters. The maximum absolute atomic E-state index is 6.14. The van der Waals surface area contributed by atoms with Gasteiger partial charge in [-0.1, -0.05) is 18.2 Å². The van der Waals surface area contributed by atoms with Crippen molar-refractivity contribution in [3.05, 3.63) is 29.3 Å². The topological polar surface area (TPSA) is 0 Å². The zero-order chi connectivity index (χ0) is 9.35. The summed E-state index contributed by atoms with van der Waals surface area (Å²) in [6, 6.07) is 6.11. The Hall–Kier alpha value is 0.0169. The maximum Gasteiger partial charge on any atom is 0.278 e. The molecule has 0 N–H and O–H groups in total. The molecular weight excluding hydrogens is 207 g/mol. The van der Waals surface area contributed by atoms with E-state index < -0.39 is 6.69 Å². The summed E-state index contributed by atoms with van der Waals surface area (Å²) in [6.45, 7) is 3.91. The molecule has 1 rings (SSSR count). The number of rotatable bonds is 1. The molecule has 0 atom stereocenters. The molecule has 0 spiro atoms. The number of benzene rings is 1. The molecule has 3 heteroatoms. The normalized spacial score (nSPS) is 11.8. The van der Waals surface area contributed by atoms with Crippen LogP contribution in [0.4, 0.5) is 0 Å². The first-order valence-electron chi connectivity index (χ1n) is 3.87. The highest BCUT2D eigenvalue weighted by Gasteiger charge is 2.25. The van der Waals surface area contributed by atoms with Gasteiger partial charge in [0.2, 0.25) is 0 Å². The second-order valence-electron chi connectivity index (χ2n) is 3.14. The second kappa shape index (κ2) is 3.41. The lowest BCUT2D eigenvalue weighted by Crippen LogP contribution is -2.35. The van der Waals surface area contributed by atoms with E-state index in [1.54, 1.807) is 0 Å². The number of aryl methyl sites for hydroxylation is 1.